The van der Waals surface area contributed by atoms with E-state index in [1.807, 2.05) is 0 Å². The summed E-state index contributed by atoms with van der Waals surface area (Å²) in [6.07, 6.45) is -5.56. The molecule has 0 rings (SSSR count). The molecule has 1 N–H and O–H groups in total. The lowest BCUT2D eigenvalue weighted by atomic mass is 10.0. The topological polar surface area (TPSA) is 37.3 Å². The minimum absolute atomic E-state index is 0.715. The molecule has 0 aromatic heterocycles. The maximum Gasteiger partial charge on any atom is 0.338 e. The van der Waals surface area contributed by atoms with Crippen molar-refractivity contribution in [1.82, 2.24) is 0 Å². The predicted molar refractivity (Wildman–Crippen MR) is 32.3 cm³/mol. The van der Waals surface area contributed by atoms with Crippen LogP contribution in [-0.4, -0.2) is 23.7 Å². The van der Waals surface area contributed by atoms with E-state index in [0.717, 1.165) is 6.92 Å². The molecule has 0 aliphatic carbocycles. The van der Waals surface area contributed by atoms with Gasteiger partial charge in [0.1, 0.15) is 0 Å². The van der Waals surface area contributed by atoms with Gasteiger partial charge < -0.3 is 5.11 Å². The van der Waals surface area contributed by atoms with Crippen molar-refractivity contribution in [3.8, 4) is 0 Å². The summed E-state index contributed by atoms with van der Waals surface area (Å²) in [4.78, 5) is 9.90. The Hall–Kier alpha value is -0.740. The Morgan fingerprint density at radius 3 is 2.18 bits per heavy atom. The molecule has 0 fully saturated rings. The Kier molecular flexibility index (Phi) is 3.92. The van der Waals surface area contributed by atoms with E-state index < -0.39 is 30.9 Å². The Bertz CT molecular complexity index is 138. The van der Waals surface area contributed by atoms with E-state index in [9.17, 15) is 18.0 Å². The van der Waals surface area contributed by atoms with Crippen molar-refractivity contribution in [2.24, 2.45) is 5.92 Å². The van der Waals surface area contributed by atoms with Gasteiger partial charge in [0.05, 0.1) is 0 Å². The zero-order chi connectivity index (χ0) is 9.02. The molecule has 2 unspecified atom stereocenters. The molecule has 2 atom stereocenters. The fraction of sp³-hybridized carbons (Fsp3) is 0.833. The number of carboxylic acids is 1. The molecule has 0 radical (unpaired) electrons. The summed E-state index contributed by atoms with van der Waals surface area (Å²) in [6, 6.07) is 0. The van der Waals surface area contributed by atoms with Crippen molar-refractivity contribution in [3.63, 3.8) is 0 Å². The van der Waals surface area contributed by atoms with Crippen LogP contribution in [0.15, 0.2) is 0 Å². The Balaban J connectivity index is 3.82. The third-order valence-electron chi connectivity index (χ3n) is 1.29. The SMILES string of the molecule is CC(CC(F)F)C(F)C(=O)O. The van der Waals surface area contributed by atoms with Crippen LogP contribution in [0.3, 0.4) is 0 Å². The highest BCUT2D eigenvalue weighted by Gasteiger charge is 2.26. The van der Waals surface area contributed by atoms with Crippen molar-refractivity contribution in [2.75, 3.05) is 0 Å². The molecule has 0 aliphatic heterocycles. The Morgan fingerprint density at radius 1 is 1.45 bits per heavy atom. The first-order valence-electron chi connectivity index (χ1n) is 3.10. The molecule has 5 heteroatoms. The fourth-order valence-electron chi connectivity index (χ4n) is 0.644. The van der Waals surface area contributed by atoms with Gasteiger partial charge in [-0.05, 0) is 0 Å². The van der Waals surface area contributed by atoms with E-state index in [2.05, 4.69) is 0 Å². The van der Waals surface area contributed by atoms with Crippen molar-refractivity contribution in [3.05, 3.63) is 0 Å². The fourth-order valence-corrected chi connectivity index (χ4v) is 0.644. The predicted octanol–water partition coefficient (Wildman–Crippen LogP) is 1.70. The Morgan fingerprint density at radius 2 is 1.91 bits per heavy atom. The number of alkyl halides is 3. The van der Waals surface area contributed by atoms with E-state index in [1.165, 1.54) is 0 Å². The third kappa shape index (κ3) is 3.85. The van der Waals surface area contributed by atoms with E-state index in [4.69, 9.17) is 5.11 Å². The minimum Gasteiger partial charge on any atom is -0.479 e. The summed E-state index contributed by atoms with van der Waals surface area (Å²) in [7, 11) is 0. The number of halogens is 3. The van der Waals surface area contributed by atoms with E-state index in [-0.39, 0.29) is 0 Å². The van der Waals surface area contributed by atoms with Gasteiger partial charge in [-0.3, -0.25) is 0 Å². The molecule has 0 heterocycles. The number of aliphatic carboxylic acids is 1. The van der Waals surface area contributed by atoms with E-state index in [1.54, 1.807) is 0 Å². The first kappa shape index (κ1) is 10.3. The van der Waals surface area contributed by atoms with Crippen LogP contribution in [0, 0.1) is 5.92 Å². The highest BCUT2D eigenvalue weighted by atomic mass is 19.3. The van der Waals surface area contributed by atoms with Crippen LogP contribution >= 0.6 is 0 Å². The van der Waals surface area contributed by atoms with Crippen LogP contribution in [0.5, 0.6) is 0 Å². The number of carboxylic acid groups (broad SMARTS) is 1. The number of hydrogen-bond acceptors (Lipinski definition) is 1. The lowest BCUT2D eigenvalue weighted by Gasteiger charge is -2.11. The van der Waals surface area contributed by atoms with Crippen LogP contribution in [0.4, 0.5) is 13.2 Å². The molecule has 0 amide bonds. The van der Waals surface area contributed by atoms with Gasteiger partial charge in [0.2, 0.25) is 6.43 Å². The van der Waals surface area contributed by atoms with Gasteiger partial charge >= 0.3 is 5.97 Å². The highest BCUT2D eigenvalue weighted by Crippen LogP contribution is 2.16. The summed E-state index contributed by atoms with van der Waals surface area (Å²) in [5.74, 6) is -2.81. The molecule has 0 aliphatic rings. The van der Waals surface area contributed by atoms with E-state index >= 15 is 0 Å². The van der Waals surface area contributed by atoms with Crippen molar-refractivity contribution >= 4 is 5.97 Å². The molecule has 0 spiro atoms. The maximum absolute atomic E-state index is 12.3. The van der Waals surface area contributed by atoms with Crippen molar-refractivity contribution in [2.45, 2.75) is 25.9 Å². The first-order chi connectivity index (χ1) is 4.95. The molecule has 0 aromatic carbocycles. The van der Waals surface area contributed by atoms with Crippen molar-refractivity contribution in [1.29, 1.82) is 0 Å². The van der Waals surface area contributed by atoms with Gasteiger partial charge in [-0.15, -0.1) is 0 Å². The first-order valence-corrected chi connectivity index (χ1v) is 3.10. The van der Waals surface area contributed by atoms with Gasteiger partial charge in [-0.2, -0.15) is 0 Å². The van der Waals surface area contributed by atoms with Gasteiger partial charge in [0, 0.05) is 12.3 Å². The van der Waals surface area contributed by atoms with E-state index in [0.29, 0.717) is 0 Å². The Labute approximate surface area is 62.0 Å². The second-order valence-electron chi connectivity index (χ2n) is 2.34. The molecule has 11 heavy (non-hydrogen) atoms. The zero-order valence-corrected chi connectivity index (χ0v) is 5.93. The summed E-state index contributed by atoms with van der Waals surface area (Å²) in [5.41, 5.74) is 0. The smallest absolute Gasteiger partial charge is 0.338 e. The van der Waals surface area contributed by atoms with Gasteiger partial charge in [-0.1, -0.05) is 6.92 Å². The summed E-state index contributed by atoms with van der Waals surface area (Å²) in [6.45, 7) is 1.14. The zero-order valence-electron chi connectivity index (χ0n) is 5.93. The lowest BCUT2D eigenvalue weighted by Crippen LogP contribution is -2.24. The number of carbonyl (C=O) groups is 1. The second-order valence-corrected chi connectivity index (χ2v) is 2.34. The second kappa shape index (κ2) is 4.20. The number of hydrogen-bond donors (Lipinski definition) is 1. The summed E-state index contributed by atoms with van der Waals surface area (Å²) in [5, 5.41) is 8.05. The standard InChI is InChI=1S/C6H9F3O2/c1-3(2-4(7)8)5(9)6(10)11/h3-5H,2H2,1H3,(H,10,11). The molecule has 2 nitrogen and oxygen atoms in total. The van der Waals surface area contributed by atoms with Crippen LogP contribution in [-0.2, 0) is 4.79 Å². The van der Waals surface area contributed by atoms with Crippen molar-refractivity contribution < 1.29 is 23.1 Å². The lowest BCUT2D eigenvalue weighted by molar-refractivity contribution is -0.145. The minimum atomic E-state index is -2.65. The largest absolute Gasteiger partial charge is 0.479 e. The molecular weight excluding hydrogens is 161 g/mol. The quantitative estimate of drug-likeness (QED) is 0.697. The summed E-state index contributed by atoms with van der Waals surface area (Å²) < 4.78 is 35.4. The normalized spacial score (nSPS) is 16.5. The van der Waals surface area contributed by atoms with Crippen LogP contribution in [0.2, 0.25) is 0 Å². The average molecular weight is 170 g/mol. The molecule has 0 saturated carbocycles. The van der Waals surface area contributed by atoms with Crippen LogP contribution in [0.1, 0.15) is 13.3 Å². The highest BCUT2D eigenvalue weighted by molar-refractivity contribution is 5.72. The molecule has 0 bridgehead atoms. The monoisotopic (exact) mass is 170 g/mol. The van der Waals surface area contributed by atoms with Gasteiger partial charge in [-0.25, -0.2) is 18.0 Å². The van der Waals surface area contributed by atoms with Crippen LogP contribution < -0.4 is 0 Å². The van der Waals surface area contributed by atoms with Crippen LogP contribution in [0.25, 0.3) is 0 Å². The molecule has 66 valence electrons. The van der Waals surface area contributed by atoms with Gasteiger partial charge in [0.25, 0.3) is 0 Å². The third-order valence-corrected chi connectivity index (χ3v) is 1.29. The average Bonchev–Trinajstić information content (AvgIpc) is 1.84. The molecular formula is C6H9F3O2. The maximum atomic E-state index is 12.3. The summed E-state index contributed by atoms with van der Waals surface area (Å²) >= 11 is 0. The molecule has 0 aromatic rings. The number of rotatable bonds is 4. The molecule has 0 saturated heterocycles. The van der Waals surface area contributed by atoms with Gasteiger partial charge in [0.15, 0.2) is 6.17 Å².